The lowest BCUT2D eigenvalue weighted by Gasteiger charge is -2.41. The van der Waals surface area contributed by atoms with E-state index in [4.69, 9.17) is 5.11 Å². The molecule has 0 aromatic heterocycles. The molecule has 3 nitrogen and oxygen atoms in total. The van der Waals surface area contributed by atoms with Crippen LogP contribution in [0.5, 0.6) is 0 Å². The van der Waals surface area contributed by atoms with Crippen molar-refractivity contribution in [2.75, 3.05) is 13.2 Å². The topological polar surface area (TPSA) is 49.3 Å². The summed E-state index contributed by atoms with van der Waals surface area (Å²) in [6, 6.07) is 8.23. The van der Waals surface area contributed by atoms with Crippen molar-refractivity contribution in [1.29, 1.82) is 0 Å². The first-order valence-corrected chi connectivity index (χ1v) is 7.74. The van der Waals surface area contributed by atoms with Gasteiger partial charge in [0.05, 0.1) is 0 Å². The number of aryl methyl sites for hydroxylation is 1. The number of carbonyl (C=O) groups is 1. The van der Waals surface area contributed by atoms with E-state index in [-0.39, 0.29) is 17.9 Å². The van der Waals surface area contributed by atoms with Gasteiger partial charge in [0.25, 0.3) is 0 Å². The highest BCUT2D eigenvalue weighted by atomic mass is 16.3. The Kier molecular flexibility index (Phi) is 5.57. The van der Waals surface area contributed by atoms with E-state index in [2.05, 4.69) is 24.4 Å². The normalized spacial score (nSPS) is 16.7. The molecular formula is C18H25NO2. The maximum absolute atomic E-state index is 11.9. The van der Waals surface area contributed by atoms with Crippen LogP contribution in [0.4, 0.5) is 0 Å². The Labute approximate surface area is 127 Å². The molecule has 1 aromatic rings. The summed E-state index contributed by atoms with van der Waals surface area (Å²) in [7, 11) is 0. The lowest BCUT2D eigenvalue weighted by molar-refractivity contribution is -0.121. The minimum absolute atomic E-state index is 0.0579. The molecule has 1 aliphatic carbocycles. The second kappa shape index (κ2) is 7.41. The van der Waals surface area contributed by atoms with E-state index in [0.717, 1.165) is 24.8 Å². The number of aliphatic hydroxyl groups excluding tert-OH is 1. The van der Waals surface area contributed by atoms with Crippen LogP contribution >= 0.6 is 0 Å². The van der Waals surface area contributed by atoms with Crippen LogP contribution < -0.4 is 5.32 Å². The van der Waals surface area contributed by atoms with Gasteiger partial charge in [-0.1, -0.05) is 48.4 Å². The van der Waals surface area contributed by atoms with Crippen LogP contribution in [0.15, 0.2) is 30.3 Å². The molecule has 0 spiro atoms. The lowest BCUT2D eigenvalue weighted by Crippen LogP contribution is -2.42. The Hall–Kier alpha value is -1.61. The standard InChI is InChI=1S/C18H25NO2/c1-15-6-8-16(9-7-15)4-2-5-17(21)19-14-18(12-13-20)10-3-11-18/h2,4,6-9,20H,3,5,10-14H2,1H3,(H,19,21)/b4-2+. The van der Waals surface area contributed by atoms with Gasteiger partial charge in [0.15, 0.2) is 0 Å². The van der Waals surface area contributed by atoms with Gasteiger partial charge in [0, 0.05) is 19.6 Å². The molecule has 0 radical (unpaired) electrons. The van der Waals surface area contributed by atoms with Gasteiger partial charge in [-0.2, -0.15) is 0 Å². The van der Waals surface area contributed by atoms with E-state index in [1.54, 1.807) is 0 Å². The molecule has 0 saturated heterocycles. The number of rotatable bonds is 7. The molecule has 0 bridgehead atoms. The maximum Gasteiger partial charge on any atom is 0.223 e. The smallest absolute Gasteiger partial charge is 0.223 e. The molecule has 1 aliphatic rings. The zero-order chi connectivity index (χ0) is 15.1. The van der Waals surface area contributed by atoms with Crippen LogP contribution in [0, 0.1) is 12.3 Å². The number of hydrogen-bond donors (Lipinski definition) is 2. The number of aliphatic hydroxyl groups is 1. The highest BCUT2D eigenvalue weighted by Gasteiger charge is 2.36. The summed E-state index contributed by atoms with van der Waals surface area (Å²) in [6.07, 6.45) is 8.53. The predicted molar refractivity (Wildman–Crippen MR) is 85.8 cm³/mol. The van der Waals surface area contributed by atoms with Crippen molar-refractivity contribution in [2.45, 2.75) is 39.0 Å². The number of benzene rings is 1. The van der Waals surface area contributed by atoms with E-state index < -0.39 is 0 Å². The number of nitrogens with one attached hydrogen (secondary N) is 1. The molecule has 2 rings (SSSR count). The summed E-state index contributed by atoms with van der Waals surface area (Å²) in [5.41, 5.74) is 2.51. The molecule has 21 heavy (non-hydrogen) atoms. The van der Waals surface area contributed by atoms with Crippen molar-refractivity contribution in [3.63, 3.8) is 0 Å². The van der Waals surface area contributed by atoms with Crippen molar-refractivity contribution in [2.24, 2.45) is 5.41 Å². The summed E-state index contributed by atoms with van der Waals surface area (Å²) in [5, 5.41) is 12.1. The van der Waals surface area contributed by atoms with Crippen LogP contribution in [0.1, 0.15) is 43.2 Å². The van der Waals surface area contributed by atoms with Gasteiger partial charge in [-0.25, -0.2) is 0 Å². The van der Waals surface area contributed by atoms with Crippen molar-refractivity contribution in [1.82, 2.24) is 5.32 Å². The zero-order valence-corrected chi connectivity index (χ0v) is 12.8. The molecular weight excluding hydrogens is 262 g/mol. The fourth-order valence-electron chi connectivity index (χ4n) is 2.77. The minimum Gasteiger partial charge on any atom is -0.396 e. The molecule has 0 aliphatic heterocycles. The van der Waals surface area contributed by atoms with Crippen LogP contribution in [0.3, 0.4) is 0 Å². The van der Waals surface area contributed by atoms with Gasteiger partial charge in [-0.3, -0.25) is 4.79 Å². The molecule has 0 atom stereocenters. The average molecular weight is 287 g/mol. The summed E-state index contributed by atoms with van der Waals surface area (Å²) in [5.74, 6) is 0.0579. The molecule has 0 unspecified atom stereocenters. The quantitative estimate of drug-likeness (QED) is 0.809. The predicted octanol–water partition coefficient (Wildman–Crippen LogP) is 3.07. The molecule has 3 heteroatoms. The van der Waals surface area contributed by atoms with Gasteiger partial charge in [0.2, 0.25) is 5.91 Å². The Balaban J connectivity index is 1.73. The van der Waals surface area contributed by atoms with Crippen LogP contribution in [0.25, 0.3) is 6.08 Å². The number of carbonyl (C=O) groups excluding carboxylic acids is 1. The van der Waals surface area contributed by atoms with Crippen LogP contribution in [-0.4, -0.2) is 24.2 Å². The van der Waals surface area contributed by atoms with E-state index in [1.165, 1.54) is 12.0 Å². The largest absolute Gasteiger partial charge is 0.396 e. The van der Waals surface area contributed by atoms with E-state index in [0.29, 0.717) is 13.0 Å². The molecule has 0 heterocycles. The molecule has 1 aromatic carbocycles. The third-order valence-corrected chi connectivity index (χ3v) is 4.41. The summed E-state index contributed by atoms with van der Waals surface area (Å²) >= 11 is 0. The fraction of sp³-hybridized carbons (Fsp3) is 0.500. The van der Waals surface area contributed by atoms with Gasteiger partial charge < -0.3 is 10.4 Å². The van der Waals surface area contributed by atoms with Crippen molar-refractivity contribution in [3.05, 3.63) is 41.5 Å². The first-order valence-electron chi connectivity index (χ1n) is 7.74. The Morgan fingerprint density at radius 1 is 1.33 bits per heavy atom. The van der Waals surface area contributed by atoms with Gasteiger partial charge in [0.1, 0.15) is 0 Å². The highest BCUT2D eigenvalue weighted by molar-refractivity contribution is 5.78. The third kappa shape index (κ3) is 4.71. The van der Waals surface area contributed by atoms with E-state index in [9.17, 15) is 4.79 Å². The summed E-state index contributed by atoms with van der Waals surface area (Å²) < 4.78 is 0. The SMILES string of the molecule is Cc1ccc(/C=C/CC(=O)NCC2(CCO)CCC2)cc1. The molecule has 114 valence electrons. The van der Waals surface area contributed by atoms with E-state index >= 15 is 0 Å². The Morgan fingerprint density at radius 3 is 2.62 bits per heavy atom. The summed E-state index contributed by atoms with van der Waals surface area (Å²) in [6.45, 7) is 2.97. The van der Waals surface area contributed by atoms with Gasteiger partial charge in [-0.05, 0) is 37.2 Å². The second-order valence-corrected chi connectivity index (χ2v) is 6.12. The molecule has 1 fully saturated rings. The molecule has 1 amide bonds. The van der Waals surface area contributed by atoms with Gasteiger partial charge >= 0.3 is 0 Å². The first-order chi connectivity index (χ1) is 10.1. The number of amides is 1. The first kappa shape index (κ1) is 15.8. The average Bonchev–Trinajstić information content (AvgIpc) is 2.44. The lowest BCUT2D eigenvalue weighted by atomic mass is 9.67. The molecule has 1 saturated carbocycles. The van der Waals surface area contributed by atoms with Crippen LogP contribution in [-0.2, 0) is 4.79 Å². The van der Waals surface area contributed by atoms with Crippen LogP contribution in [0.2, 0.25) is 0 Å². The fourth-order valence-corrected chi connectivity index (χ4v) is 2.77. The molecule has 2 N–H and O–H groups in total. The van der Waals surface area contributed by atoms with E-state index in [1.807, 2.05) is 24.3 Å². The van der Waals surface area contributed by atoms with Crippen molar-refractivity contribution < 1.29 is 9.90 Å². The van der Waals surface area contributed by atoms with Crippen molar-refractivity contribution >= 4 is 12.0 Å². The second-order valence-electron chi connectivity index (χ2n) is 6.12. The third-order valence-electron chi connectivity index (χ3n) is 4.41. The van der Waals surface area contributed by atoms with Crippen molar-refractivity contribution in [3.8, 4) is 0 Å². The maximum atomic E-state index is 11.9. The Bertz CT molecular complexity index is 486. The number of hydrogen-bond acceptors (Lipinski definition) is 2. The highest BCUT2D eigenvalue weighted by Crippen LogP contribution is 2.43. The van der Waals surface area contributed by atoms with Gasteiger partial charge in [-0.15, -0.1) is 0 Å². The minimum atomic E-state index is 0.0579. The summed E-state index contributed by atoms with van der Waals surface area (Å²) in [4.78, 5) is 11.9. The zero-order valence-electron chi connectivity index (χ0n) is 12.8. The monoisotopic (exact) mass is 287 g/mol. The Morgan fingerprint density at radius 2 is 2.05 bits per heavy atom.